The summed E-state index contributed by atoms with van der Waals surface area (Å²) in [5.74, 6) is 0. The van der Waals surface area contributed by atoms with E-state index in [1.807, 2.05) is 20.4 Å². The molecule has 0 rings (SSSR count). The van der Waals surface area contributed by atoms with E-state index in [1.54, 1.807) is 0 Å². The van der Waals surface area contributed by atoms with Gasteiger partial charge in [0, 0.05) is 13.1 Å². The summed E-state index contributed by atoms with van der Waals surface area (Å²) in [6, 6.07) is 0. The summed E-state index contributed by atoms with van der Waals surface area (Å²) >= 11 is 0. The van der Waals surface area contributed by atoms with Crippen LogP contribution in [0.2, 0.25) is 6.55 Å². The first-order chi connectivity index (χ1) is 5.60. The zero-order valence-electron chi connectivity index (χ0n) is 8.12. The van der Waals surface area contributed by atoms with Crippen molar-refractivity contribution in [1.82, 2.24) is 0 Å². The van der Waals surface area contributed by atoms with Crippen LogP contribution in [0.15, 0.2) is 0 Å². The van der Waals surface area contributed by atoms with Gasteiger partial charge >= 0.3 is 9.28 Å². The van der Waals surface area contributed by atoms with Gasteiger partial charge < -0.3 is 20.3 Å². The zero-order chi connectivity index (χ0) is 9.56. The molecule has 0 radical (unpaired) electrons. The van der Waals surface area contributed by atoms with Crippen molar-refractivity contribution in [2.45, 2.75) is 32.6 Å². The highest BCUT2D eigenvalue weighted by Gasteiger charge is 2.12. The Balaban J connectivity index is 3.51. The largest absolute Gasteiger partial charge is 0.393 e. The van der Waals surface area contributed by atoms with Gasteiger partial charge in [-0.1, -0.05) is 0 Å². The minimum Gasteiger partial charge on any atom is -0.393 e. The second-order valence-electron chi connectivity index (χ2n) is 2.93. The Morgan fingerprint density at radius 2 is 1.42 bits per heavy atom. The Bertz CT molecular complexity index is 104. The molecule has 0 bridgehead atoms. The number of hydrogen-bond donors (Lipinski definition) is 2. The molecule has 4 nitrogen and oxygen atoms in total. The molecule has 0 spiro atoms. The zero-order valence-corrected chi connectivity index (χ0v) is 9.27. The molecule has 4 N–H and O–H groups in total. The summed E-state index contributed by atoms with van der Waals surface area (Å²) < 4.78 is 11.0. The highest BCUT2D eigenvalue weighted by molar-refractivity contribution is 6.42. The quantitative estimate of drug-likeness (QED) is 0.560. The van der Waals surface area contributed by atoms with Gasteiger partial charge in [0.15, 0.2) is 0 Å². The van der Waals surface area contributed by atoms with Crippen molar-refractivity contribution in [2.75, 3.05) is 13.1 Å². The molecule has 0 saturated carbocycles. The Labute approximate surface area is 76.1 Å². The standard InChI is InChI=1S/C7H20N2O2Si/c1-6(4-8)10-12(3)11-7(2)5-9/h6-7,12H,4-5,8-9H2,1-3H3. The highest BCUT2D eigenvalue weighted by atomic mass is 28.3. The molecule has 2 unspecified atom stereocenters. The molecule has 0 fully saturated rings. The van der Waals surface area contributed by atoms with Gasteiger partial charge in [-0.15, -0.1) is 0 Å². The smallest absolute Gasteiger partial charge is 0.318 e. The molecule has 0 aliphatic carbocycles. The Kier molecular flexibility index (Phi) is 6.59. The van der Waals surface area contributed by atoms with Crippen molar-refractivity contribution in [1.29, 1.82) is 0 Å². The maximum Gasteiger partial charge on any atom is 0.318 e. The second-order valence-corrected chi connectivity index (χ2v) is 4.61. The molecule has 12 heavy (non-hydrogen) atoms. The third-order valence-corrected chi connectivity index (χ3v) is 3.21. The van der Waals surface area contributed by atoms with Crippen LogP contribution in [0.5, 0.6) is 0 Å². The fourth-order valence-electron chi connectivity index (χ4n) is 0.797. The van der Waals surface area contributed by atoms with Crippen LogP contribution in [0, 0.1) is 0 Å². The molecule has 74 valence electrons. The molecule has 5 heteroatoms. The van der Waals surface area contributed by atoms with Crippen molar-refractivity contribution in [3.05, 3.63) is 0 Å². The third-order valence-electron chi connectivity index (χ3n) is 1.51. The van der Waals surface area contributed by atoms with Crippen molar-refractivity contribution < 1.29 is 8.85 Å². The molecule has 0 aromatic rings. The van der Waals surface area contributed by atoms with E-state index in [-0.39, 0.29) is 12.2 Å². The highest BCUT2D eigenvalue weighted by Crippen LogP contribution is 1.98. The summed E-state index contributed by atoms with van der Waals surface area (Å²) in [6.45, 7) is 6.95. The molecule has 0 aliphatic rings. The van der Waals surface area contributed by atoms with Crippen molar-refractivity contribution >= 4 is 9.28 Å². The van der Waals surface area contributed by atoms with Gasteiger partial charge in [0.1, 0.15) is 0 Å². The van der Waals surface area contributed by atoms with Gasteiger partial charge in [-0.3, -0.25) is 0 Å². The Morgan fingerprint density at radius 3 is 1.67 bits per heavy atom. The Hall–Kier alpha value is 0.0569. The van der Waals surface area contributed by atoms with Gasteiger partial charge in [-0.25, -0.2) is 0 Å². The average molecular weight is 192 g/mol. The first-order valence-electron chi connectivity index (χ1n) is 4.31. The lowest BCUT2D eigenvalue weighted by molar-refractivity contribution is 0.125. The molecular formula is C7H20N2O2Si. The van der Waals surface area contributed by atoms with Gasteiger partial charge in [-0.2, -0.15) is 0 Å². The normalized spacial score (nSPS) is 18.8. The summed E-state index contributed by atoms with van der Waals surface area (Å²) in [4.78, 5) is 0. The third kappa shape index (κ3) is 5.67. The number of rotatable bonds is 6. The van der Waals surface area contributed by atoms with Crippen LogP contribution >= 0.6 is 0 Å². The average Bonchev–Trinajstić information content (AvgIpc) is 2.03. The predicted octanol–water partition coefficient (Wildman–Crippen LogP) is -0.436. The fourth-order valence-corrected chi connectivity index (χ4v) is 2.39. The number of nitrogens with two attached hydrogens (primary N) is 2. The van der Waals surface area contributed by atoms with Crippen LogP contribution in [0.25, 0.3) is 0 Å². The van der Waals surface area contributed by atoms with Crippen LogP contribution in [-0.4, -0.2) is 34.6 Å². The summed E-state index contributed by atoms with van der Waals surface area (Å²) in [5.41, 5.74) is 10.8. The molecule has 0 amide bonds. The van der Waals surface area contributed by atoms with E-state index in [2.05, 4.69) is 0 Å². The van der Waals surface area contributed by atoms with Gasteiger partial charge in [-0.05, 0) is 20.4 Å². The molecule has 0 heterocycles. The summed E-state index contributed by atoms with van der Waals surface area (Å²) in [6.07, 6.45) is 0.188. The number of hydrogen-bond acceptors (Lipinski definition) is 4. The molecular weight excluding hydrogens is 172 g/mol. The lowest BCUT2D eigenvalue weighted by Gasteiger charge is -2.20. The SMILES string of the molecule is CC(CN)O[SiH](C)OC(C)CN. The van der Waals surface area contributed by atoms with E-state index in [9.17, 15) is 0 Å². The van der Waals surface area contributed by atoms with Crippen molar-refractivity contribution in [3.63, 3.8) is 0 Å². The maximum absolute atomic E-state index is 5.51. The fraction of sp³-hybridized carbons (Fsp3) is 1.00. The second kappa shape index (κ2) is 6.56. The van der Waals surface area contributed by atoms with E-state index in [1.165, 1.54) is 0 Å². The lowest BCUT2D eigenvalue weighted by atomic mass is 10.4. The molecule has 0 aromatic carbocycles. The minimum atomic E-state index is -1.51. The van der Waals surface area contributed by atoms with Gasteiger partial charge in [0.25, 0.3) is 0 Å². The molecule has 0 aromatic heterocycles. The van der Waals surface area contributed by atoms with Gasteiger partial charge in [0.05, 0.1) is 12.2 Å². The van der Waals surface area contributed by atoms with E-state index in [0.29, 0.717) is 13.1 Å². The van der Waals surface area contributed by atoms with E-state index >= 15 is 0 Å². The molecule has 2 atom stereocenters. The minimum absolute atomic E-state index is 0.0941. The van der Waals surface area contributed by atoms with Crippen LogP contribution in [0.3, 0.4) is 0 Å². The summed E-state index contributed by atoms with van der Waals surface area (Å²) in [5, 5.41) is 0. The lowest BCUT2D eigenvalue weighted by Crippen LogP contribution is -2.34. The predicted molar refractivity (Wildman–Crippen MR) is 52.2 cm³/mol. The van der Waals surface area contributed by atoms with Crippen LogP contribution < -0.4 is 11.5 Å². The topological polar surface area (TPSA) is 70.5 Å². The first kappa shape index (κ1) is 12.1. The van der Waals surface area contributed by atoms with Crippen molar-refractivity contribution in [2.24, 2.45) is 11.5 Å². The van der Waals surface area contributed by atoms with Crippen LogP contribution in [0.4, 0.5) is 0 Å². The first-order valence-corrected chi connectivity index (χ1v) is 6.41. The van der Waals surface area contributed by atoms with Crippen molar-refractivity contribution in [3.8, 4) is 0 Å². The van der Waals surface area contributed by atoms with E-state index in [0.717, 1.165) is 0 Å². The van der Waals surface area contributed by atoms with Crippen LogP contribution in [-0.2, 0) is 8.85 Å². The van der Waals surface area contributed by atoms with Gasteiger partial charge in [0.2, 0.25) is 0 Å². The van der Waals surface area contributed by atoms with E-state index < -0.39 is 9.28 Å². The van der Waals surface area contributed by atoms with Crippen LogP contribution in [0.1, 0.15) is 13.8 Å². The molecule has 0 aliphatic heterocycles. The monoisotopic (exact) mass is 192 g/mol. The van der Waals surface area contributed by atoms with E-state index in [4.69, 9.17) is 20.3 Å². The molecule has 0 saturated heterocycles. The summed E-state index contributed by atoms with van der Waals surface area (Å²) in [7, 11) is -1.51. The Morgan fingerprint density at radius 1 is 1.08 bits per heavy atom. The maximum atomic E-state index is 5.51.